The summed E-state index contributed by atoms with van der Waals surface area (Å²) in [6.07, 6.45) is 2.83. The smallest absolute Gasteiger partial charge is 0.343 e. The van der Waals surface area contributed by atoms with Gasteiger partial charge in [0.05, 0.1) is 17.3 Å². The van der Waals surface area contributed by atoms with E-state index in [9.17, 15) is 4.79 Å². The first-order chi connectivity index (χ1) is 11.7. The first-order valence-electron chi connectivity index (χ1n) is 7.44. The summed E-state index contributed by atoms with van der Waals surface area (Å²) < 4.78 is 5.02. The molecule has 0 saturated carbocycles. The summed E-state index contributed by atoms with van der Waals surface area (Å²) >= 11 is 1.62. The number of hydrogen-bond acceptors (Lipinski definition) is 7. The van der Waals surface area contributed by atoms with Crippen molar-refractivity contribution in [2.75, 3.05) is 11.9 Å². The second kappa shape index (κ2) is 7.18. The largest absolute Gasteiger partial charge is 0.462 e. The second-order valence-corrected chi connectivity index (χ2v) is 6.02. The van der Waals surface area contributed by atoms with Gasteiger partial charge in [-0.25, -0.2) is 19.7 Å². The predicted molar refractivity (Wildman–Crippen MR) is 93.6 cm³/mol. The molecule has 0 bridgehead atoms. The lowest BCUT2D eigenvalue weighted by atomic mass is 10.1. The number of aromatic nitrogens is 3. The lowest BCUT2D eigenvalue weighted by Gasteiger charge is -2.10. The molecular formula is C17H16N4O2S. The van der Waals surface area contributed by atoms with Crippen LogP contribution in [0.15, 0.2) is 42.2 Å². The van der Waals surface area contributed by atoms with Gasteiger partial charge in [0.1, 0.15) is 17.7 Å². The molecule has 2 aromatic heterocycles. The standard InChI is InChI=1S/C17H16N4O2S/c1-3-23-17(22)14-8-18-10-19-16(14)21-13-6-4-12(5-7-13)15-9-24-11(2)20-15/h4-10H,3H2,1-2H3,(H,18,19,21). The number of anilines is 2. The molecule has 0 unspecified atom stereocenters. The summed E-state index contributed by atoms with van der Waals surface area (Å²) in [5, 5.41) is 6.19. The van der Waals surface area contributed by atoms with E-state index in [1.165, 1.54) is 12.5 Å². The Kier molecular flexibility index (Phi) is 4.81. The number of nitrogens with one attached hydrogen (secondary N) is 1. The van der Waals surface area contributed by atoms with Crippen LogP contribution in [0.3, 0.4) is 0 Å². The fraction of sp³-hybridized carbons (Fsp3) is 0.176. The summed E-state index contributed by atoms with van der Waals surface area (Å²) in [5.41, 5.74) is 3.12. The van der Waals surface area contributed by atoms with Crippen LogP contribution in [0.4, 0.5) is 11.5 Å². The molecule has 6 nitrogen and oxygen atoms in total. The summed E-state index contributed by atoms with van der Waals surface area (Å²) in [6.45, 7) is 4.04. The molecule has 0 fully saturated rings. The Balaban J connectivity index is 1.81. The fourth-order valence-corrected chi connectivity index (χ4v) is 2.77. The molecule has 0 amide bonds. The summed E-state index contributed by atoms with van der Waals surface area (Å²) in [4.78, 5) is 24.4. The van der Waals surface area contributed by atoms with Crippen LogP contribution >= 0.6 is 11.3 Å². The first-order valence-corrected chi connectivity index (χ1v) is 8.32. The van der Waals surface area contributed by atoms with Gasteiger partial charge in [0, 0.05) is 22.8 Å². The topological polar surface area (TPSA) is 77.0 Å². The highest BCUT2D eigenvalue weighted by molar-refractivity contribution is 7.09. The summed E-state index contributed by atoms with van der Waals surface area (Å²) in [5.74, 6) is -0.0316. The van der Waals surface area contributed by atoms with Crippen LogP contribution in [0.5, 0.6) is 0 Å². The highest BCUT2D eigenvalue weighted by atomic mass is 32.1. The SMILES string of the molecule is CCOC(=O)c1cncnc1Nc1ccc(-c2csc(C)n2)cc1. The van der Waals surface area contributed by atoms with E-state index in [1.807, 2.05) is 36.6 Å². The van der Waals surface area contributed by atoms with Crippen LogP contribution in [0, 0.1) is 6.92 Å². The highest BCUT2D eigenvalue weighted by Crippen LogP contribution is 2.25. The minimum Gasteiger partial charge on any atom is -0.462 e. The molecule has 7 heteroatoms. The average Bonchev–Trinajstić information content (AvgIpc) is 3.03. The molecule has 1 N–H and O–H groups in total. The maximum atomic E-state index is 11.9. The van der Waals surface area contributed by atoms with Crippen LogP contribution in [0.2, 0.25) is 0 Å². The minimum atomic E-state index is -0.449. The lowest BCUT2D eigenvalue weighted by molar-refractivity contribution is 0.0526. The van der Waals surface area contributed by atoms with Crippen molar-refractivity contribution in [2.45, 2.75) is 13.8 Å². The Morgan fingerprint density at radius 2 is 2.08 bits per heavy atom. The molecule has 122 valence electrons. The quantitative estimate of drug-likeness (QED) is 0.711. The summed E-state index contributed by atoms with van der Waals surface area (Å²) in [6, 6.07) is 7.78. The number of carbonyl (C=O) groups excluding carboxylic acids is 1. The molecule has 2 heterocycles. The third-order valence-corrected chi connectivity index (χ3v) is 4.04. The number of ether oxygens (including phenoxy) is 1. The van der Waals surface area contributed by atoms with Crippen molar-refractivity contribution in [1.29, 1.82) is 0 Å². The Morgan fingerprint density at radius 1 is 1.29 bits per heavy atom. The van der Waals surface area contributed by atoms with Crippen molar-refractivity contribution in [2.24, 2.45) is 0 Å². The van der Waals surface area contributed by atoms with Gasteiger partial charge >= 0.3 is 5.97 Å². The highest BCUT2D eigenvalue weighted by Gasteiger charge is 2.14. The Morgan fingerprint density at radius 3 is 2.75 bits per heavy atom. The predicted octanol–water partition coefficient (Wildman–Crippen LogP) is 3.83. The molecule has 0 aliphatic heterocycles. The Bertz CT molecular complexity index is 846. The molecule has 3 aromatic rings. The van der Waals surface area contributed by atoms with Gasteiger partial charge in [-0.3, -0.25) is 0 Å². The van der Waals surface area contributed by atoms with Crippen LogP contribution in [0.25, 0.3) is 11.3 Å². The number of nitrogens with zero attached hydrogens (tertiary/aromatic N) is 3. The molecule has 1 aromatic carbocycles. The van der Waals surface area contributed by atoms with E-state index < -0.39 is 5.97 Å². The minimum absolute atomic E-state index is 0.301. The van der Waals surface area contributed by atoms with E-state index in [0.717, 1.165) is 22.0 Å². The molecule has 3 rings (SSSR count). The van der Waals surface area contributed by atoms with E-state index in [0.29, 0.717) is 18.0 Å². The number of carbonyl (C=O) groups is 1. The molecule has 0 radical (unpaired) electrons. The number of thiazole rings is 1. The molecule has 0 saturated heterocycles. The zero-order valence-corrected chi connectivity index (χ0v) is 14.1. The van der Waals surface area contributed by atoms with Gasteiger partial charge in [-0.1, -0.05) is 12.1 Å². The molecule has 0 atom stereocenters. The number of hydrogen-bond donors (Lipinski definition) is 1. The molecule has 0 aliphatic rings. The lowest BCUT2D eigenvalue weighted by Crippen LogP contribution is -2.09. The molecular weight excluding hydrogens is 324 g/mol. The van der Waals surface area contributed by atoms with E-state index in [4.69, 9.17) is 4.74 Å². The average molecular weight is 340 g/mol. The first kappa shape index (κ1) is 16.1. The van der Waals surface area contributed by atoms with Gasteiger partial charge in [-0.15, -0.1) is 11.3 Å². The molecule has 24 heavy (non-hydrogen) atoms. The zero-order valence-electron chi connectivity index (χ0n) is 13.3. The number of aryl methyl sites for hydroxylation is 1. The van der Waals surface area contributed by atoms with Crippen molar-refractivity contribution >= 4 is 28.8 Å². The van der Waals surface area contributed by atoms with E-state index in [1.54, 1.807) is 18.3 Å². The third kappa shape index (κ3) is 3.57. The number of benzene rings is 1. The van der Waals surface area contributed by atoms with E-state index >= 15 is 0 Å². The van der Waals surface area contributed by atoms with Crippen molar-refractivity contribution in [3.8, 4) is 11.3 Å². The van der Waals surface area contributed by atoms with Gasteiger partial charge < -0.3 is 10.1 Å². The summed E-state index contributed by atoms with van der Waals surface area (Å²) in [7, 11) is 0. The number of esters is 1. The van der Waals surface area contributed by atoms with Crippen LogP contribution in [0.1, 0.15) is 22.3 Å². The van der Waals surface area contributed by atoms with Crippen LogP contribution in [-0.4, -0.2) is 27.5 Å². The third-order valence-electron chi connectivity index (χ3n) is 3.27. The van der Waals surface area contributed by atoms with Crippen molar-refractivity contribution in [3.63, 3.8) is 0 Å². The Labute approximate surface area is 143 Å². The van der Waals surface area contributed by atoms with Crippen LogP contribution < -0.4 is 5.32 Å². The Hall–Kier alpha value is -2.80. The van der Waals surface area contributed by atoms with Gasteiger partial charge in [0.2, 0.25) is 0 Å². The fourth-order valence-electron chi connectivity index (χ4n) is 2.14. The normalized spacial score (nSPS) is 10.4. The molecule has 0 aliphatic carbocycles. The van der Waals surface area contributed by atoms with Gasteiger partial charge in [-0.2, -0.15) is 0 Å². The van der Waals surface area contributed by atoms with Crippen molar-refractivity contribution in [1.82, 2.24) is 15.0 Å². The maximum Gasteiger partial charge on any atom is 0.343 e. The van der Waals surface area contributed by atoms with Crippen molar-refractivity contribution in [3.05, 3.63) is 52.7 Å². The molecule has 0 spiro atoms. The number of rotatable bonds is 5. The van der Waals surface area contributed by atoms with Gasteiger partial charge in [0.25, 0.3) is 0 Å². The monoisotopic (exact) mass is 340 g/mol. The van der Waals surface area contributed by atoms with Gasteiger partial charge in [-0.05, 0) is 26.0 Å². The van der Waals surface area contributed by atoms with Crippen LogP contribution in [-0.2, 0) is 4.74 Å². The van der Waals surface area contributed by atoms with Gasteiger partial charge in [0.15, 0.2) is 0 Å². The second-order valence-electron chi connectivity index (χ2n) is 4.96. The van der Waals surface area contributed by atoms with E-state index in [2.05, 4.69) is 20.3 Å². The zero-order chi connectivity index (χ0) is 16.9. The van der Waals surface area contributed by atoms with E-state index in [-0.39, 0.29) is 0 Å². The van der Waals surface area contributed by atoms with Crippen molar-refractivity contribution < 1.29 is 9.53 Å². The maximum absolute atomic E-state index is 11.9.